The minimum absolute atomic E-state index is 0.0427. The van der Waals surface area contributed by atoms with Gasteiger partial charge in [0, 0.05) is 16.1 Å². The molecule has 2 rings (SSSR count). The van der Waals surface area contributed by atoms with Crippen molar-refractivity contribution in [2.24, 2.45) is 0 Å². The van der Waals surface area contributed by atoms with E-state index in [4.69, 9.17) is 32.7 Å². The van der Waals surface area contributed by atoms with Crippen LogP contribution >= 0.6 is 23.2 Å². The molecular formula is C16H14Cl2FNO4. The Morgan fingerprint density at radius 1 is 1.38 bits per heavy atom. The maximum absolute atomic E-state index is 13.6. The van der Waals surface area contributed by atoms with E-state index in [-0.39, 0.29) is 26.9 Å². The predicted octanol–water partition coefficient (Wildman–Crippen LogP) is 4.15. The topological polar surface area (TPSA) is 79.5 Å². The quantitative estimate of drug-likeness (QED) is 0.771. The van der Waals surface area contributed by atoms with Crippen molar-refractivity contribution in [2.45, 2.75) is 26.3 Å². The third-order valence-electron chi connectivity index (χ3n) is 3.45. The maximum Gasteiger partial charge on any atom is 0.311 e. The Kier molecular flexibility index (Phi) is 5.51. The SMILES string of the molecule is Cc1coc(CC(=O)O)c1C(=O)NC(C)c1c(Cl)ccc(F)c1Cl. The number of aliphatic carboxylic acids is 1. The zero-order chi connectivity index (χ0) is 18.0. The summed E-state index contributed by atoms with van der Waals surface area (Å²) in [6.45, 7) is 3.22. The largest absolute Gasteiger partial charge is 0.481 e. The van der Waals surface area contributed by atoms with Crippen LogP contribution in [0.25, 0.3) is 0 Å². The van der Waals surface area contributed by atoms with Crippen LogP contribution in [0.3, 0.4) is 0 Å². The highest BCUT2D eigenvalue weighted by Gasteiger charge is 2.24. The van der Waals surface area contributed by atoms with Crippen molar-refractivity contribution in [3.63, 3.8) is 0 Å². The van der Waals surface area contributed by atoms with Gasteiger partial charge in [-0.3, -0.25) is 9.59 Å². The van der Waals surface area contributed by atoms with Gasteiger partial charge in [-0.05, 0) is 26.0 Å². The number of aryl methyl sites for hydroxylation is 1. The molecule has 0 aliphatic carbocycles. The molecule has 8 heteroatoms. The lowest BCUT2D eigenvalue weighted by Crippen LogP contribution is -2.28. The average molecular weight is 374 g/mol. The van der Waals surface area contributed by atoms with Crippen molar-refractivity contribution >= 4 is 35.1 Å². The molecule has 1 aromatic heterocycles. The van der Waals surface area contributed by atoms with Crippen LogP contribution in [0.5, 0.6) is 0 Å². The van der Waals surface area contributed by atoms with Gasteiger partial charge in [0.1, 0.15) is 18.0 Å². The zero-order valence-corrected chi connectivity index (χ0v) is 14.3. The first-order valence-corrected chi connectivity index (χ1v) is 7.71. The number of hydrogen-bond acceptors (Lipinski definition) is 3. The van der Waals surface area contributed by atoms with Gasteiger partial charge < -0.3 is 14.8 Å². The molecule has 0 radical (unpaired) electrons. The molecule has 128 valence electrons. The van der Waals surface area contributed by atoms with Crippen molar-refractivity contribution in [1.82, 2.24) is 5.32 Å². The highest BCUT2D eigenvalue weighted by atomic mass is 35.5. The second-order valence-electron chi connectivity index (χ2n) is 5.24. The molecule has 2 aromatic rings. The van der Waals surface area contributed by atoms with Gasteiger partial charge in [-0.1, -0.05) is 23.2 Å². The summed E-state index contributed by atoms with van der Waals surface area (Å²) in [5.41, 5.74) is 0.868. The third kappa shape index (κ3) is 3.71. The molecule has 0 fully saturated rings. The van der Waals surface area contributed by atoms with Crippen molar-refractivity contribution < 1.29 is 23.5 Å². The number of carboxylic acid groups (broad SMARTS) is 1. The van der Waals surface area contributed by atoms with Gasteiger partial charge in [0.15, 0.2) is 0 Å². The lowest BCUT2D eigenvalue weighted by molar-refractivity contribution is -0.136. The van der Waals surface area contributed by atoms with Gasteiger partial charge in [0.2, 0.25) is 0 Å². The van der Waals surface area contributed by atoms with E-state index in [2.05, 4.69) is 5.32 Å². The molecule has 0 saturated heterocycles. The number of carbonyl (C=O) groups excluding carboxylic acids is 1. The van der Waals surface area contributed by atoms with Crippen molar-refractivity contribution in [3.05, 3.63) is 56.7 Å². The Morgan fingerprint density at radius 3 is 2.67 bits per heavy atom. The molecule has 0 aliphatic rings. The second-order valence-corrected chi connectivity index (χ2v) is 6.02. The number of halogens is 3. The molecule has 0 spiro atoms. The Balaban J connectivity index is 2.29. The van der Waals surface area contributed by atoms with E-state index in [0.29, 0.717) is 5.56 Å². The number of hydrogen-bond donors (Lipinski definition) is 2. The number of benzene rings is 1. The van der Waals surface area contributed by atoms with E-state index in [0.717, 1.165) is 6.07 Å². The van der Waals surface area contributed by atoms with Crippen LogP contribution in [0, 0.1) is 12.7 Å². The lowest BCUT2D eigenvalue weighted by Gasteiger charge is -2.18. The van der Waals surface area contributed by atoms with Crippen molar-refractivity contribution in [2.75, 3.05) is 0 Å². The van der Waals surface area contributed by atoms with E-state index in [1.807, 2.05) is 0 Å². The molecule has 24 heavy (non-hydrogen) atoms. The van der Waals surface area contributed by atoms with E-state index in [1.54, 1.807) is 13.8 Å². The summed E-state index contributed by atoms with van der Waals surface area (Å²) in [5, 5.41) is 11.5. The number of carboxylic acids is 1. The summed E-state index contributed by atoms with van der Waals surface area (Å²) < 4.78 is 18.7. The van der Waals surface area contributed by atoms with Crippen molar-refractivity contribution in [3.8, 4) is 0 Å². The standard InChI is InChI=1S/C16H14Cl2FNO4/c1-7-6-24-11(5-12(21)22)13(7)16(23)20-8(2)14-9(17)3-4-10(19)15(14)18/h3-4,6,8H,5H2,1-2H3,(H,20,23)(H,21,22). The second kappa shape index (κ2) is 7.23. The Morgan fingerprint density at radius 2 is 2.04 bits per heavy atom. The molecule has 0 bridgehead atoms. The summed E-state index contributed by atoms with van der Waals surface area (Å²) in [7, 11) is 0. The van der Waals surface area contributed by atoms with E-state index in [1.165, 1.54) is 12.3 Å². The average Bonchev–Trinajstić information content (AvgIpc) is 2.83. The Bertz CT molecular complexity index is 804. The first-order chi connectivity index (χ1) is 11.2. The molecular weight excluding hydrogens is 360 g/mol. The third-order valence-corrected chi connectivity index (χ3v) is 4.16. The van der Waals surface area contributed by atoms with Gasteiger partial charge in [-0.15, -0.1) is 0 Å². The van der Waals surface area contributed by atoms with Gasteiger partial charge in [-0.25, -0.2) is 4.39 Å². The summed E-state index contributed by atoms with van der Waals surface area (Å²) in [5.74, 6) is -2.28. The molecule has 0 saturated carbocycles. The van der Waals surface area contributed by atoms with Gasteiger partial charge in [-0.2, -0.15) is 0 Å². The first kappa shape index (κ1) is 18.3. The fraction of sp³-hybridized carbons (Fsp3) is 0.250. The van der Waals surface area contributed by atoms with E-state index in [9.17, 15) is 14.0 Å². The minimum atomic E-state index is -1.12. The van der Waals surface area contributed by atoms with Crippen LogP contribution in [0.4, 0.5) is 4.39 Å². The monoisotopic (exact) mass is 373 g/mol. The van der Waals surface area contributed by atoms with Crippen LogP contribution in [0.2, 0.25) is 10.0 Å². The summed E-state index contributed by atoms with van der Waals surface area (Å²) in [4.78, 5) is 23.3. The fourth-order valence-electron chi connectivity index (χ4n) is 2.35. The Labute approximate surface area is 147 Å². The Hall–Kier alpha value is -2.05. The summed E-state index contributed by atoms with van der Waals surface area (Å²) >= 11 is 12.0. The highest BCUT2D eigenvalue weighted by molar-refractivity contribution is 6.36. The minimum Gasteiger partial charge on any atom is -0.481 e. The van der Waals surface area contributed by atoms with Gasteiger partial charge in [0.25, 0.3) is 5.91 Å². The van der Waals surface area contributed by atoms with Crippen LogP contribution in [-0.4, -0.2) is 17.0 Å². The molecule has 0 aliphatic heterocycles. The summed E-state index contributed by atoms with van der Waals surface area (Å²) in [6, 6.07) is 1.79. The number of rotatable bonds is 5. The molecule has 5 nitrogen and oxygen atoms in total. The predicted molar refractivity (Wildman–Crippen MR) is 87.1 cm³/mol. The van der Waals surface area contributed by atoms with Crippen LogP contribution in [0.15, 0.2) is 22.8 Å². The highest BCUT2D eigenvalue weighted by Crippen LogP contribution is 2.32. The molecule has 1 unspecified atom stereocenters. The van der Waals surface area contributed by atoms with Crippen LogP contribution in [-0.2, 0) is 11.2 Å². The molecule has 2 N–H and O–H groups in total. The molecule has 1 amide bonds. The molecule has 1 atom stereocenters. The number of nitrogens with one attached hydrogen (secondary N) is 1. The van der Waals surface area contributed by atoms with Gasteiger partial charge in [0.05, 0.1) is 22.9 Å². The van der Waals surface area contributed by atoms with E-state index < -0.39 is 30.2 Å². The first-order valence-electron chi connectivity index (χ1n) is 6.95. The maximum atomic E-state index is 13.6. The fourth-order valence-corrected chi connectivity index (χ4v) is 3.05. The normalized spacial score (nSPS) is 12.0. The number of carbonyl (C=O) groups is 2. The van der Waals surface area contributed by atoms with Gasteiger partial charge >= 0.3 is 5.97 Å². The van der Waals surface area contributed by atoms with Crippen LogP contribution in [0.1, 0.15) is 40.2 Å². The van der Waals surface area contributed by atoms with Crippen LogP contribution < -0.4 is 5.32 Å². The van der Waals surface area contributed by atoms with Crippen molar-refractivity contribution in [1.29, 1.82) is 0 Å². The lowest BCUT2D eigenvalue weighted by atomic mass is 10.1. The summed E-state index contributed by atoms with van der Waals surface area (Å²) in [6.07, 6.45) is 0.881. The number of amides is 1. The number of furan rings is 1. The van der Waals surface area contributed by atoms with E-state index >= 15 is 0 Å². The molecule has 1 aromatic carbocycles. The molecule has 1 heterocycles. The smallest absolute Gasteiger partial charge is 0.311 e. The zero-order valence-electron chi connectivity index (χ0n) is 12.8.